The summed E-state index contributed by atoms with van der Waals surface area (Å²) in [5.41, 5.74) is 1.79. The van der Waals surface area contributed by atoms with Gasteiger partial charge in [-0.3, -0.25) is 9.69 Å². The molecule has 0 spiro atoms. The summed E-state index contributed by atoms with van der Waals surface area (Å²) in [4.78, 5) is 21.0. The molecule has 0 saturated carbocycles. The summed E-state index contributed by atoms with van der Waals surface area (Å²) in [6.45, 7) is 0.601. The first-order chi connectivity index (χ1) is 12.3. The third-order valence-corrected chi connectivity index (χ3v) is 5.26. The molecular formula is C19H17N3O2S. The molecule has 2 aromatic carbocycles. The van der Waals surface area contributed by atoms with Gasteiger partial charge in [0.25, 0.3) is 0 Å². The van der Waals surface area contributed by atoms with E-state index in [0.29, 0.717) is 13.0 Å². The number of imidazole rings is 1. The Morgan fingerprint density at radius 3 is 2.80 bits per heavy atom. The van der Waals surface area contributed by atoms with E-state index in [4.69, 9.17) is 4.74 Å². The normalized spacial score (nSPS) is 12.4. The van der Waals surface area contributed by atoms with Crippen LogP contribution in [0, 0.1) is 0 Å². The van der Waals surface area contributed by atoms with E-state index in [1.165, 1.54) is 0 Å². The van der Waals surface area contributed by atoms with Crippen molar-refractivity contribution < 1.29 is 9.53 Å². The number of hydrogen-bond donors (Lipinski definition) is 0. The number of amides is 1. The van der Waals surface area contributed by atoms with Crippen molar-refractivity contribution in [2.24, 2.45) is 0 Å². The Kier molecular flexibility index (Phi) is 4.19. The highest BCUT2D eigenvalue weighted by Crippen LogP contribution is 2.49. The summed E-state index contributed by atoms with van der Waals surface area (Å²) < 4.78 is 7.27. The molecular weight excluding hydrogens is 334 g/mol. The van der Waals surface area contributed by atoms with Crippen molar-refractivity contribution in [2.75, 3.05) is 12.0 Å². The Hall–Kier alpha value is -2.73. The smallest absolute Gasteiger partial charge is 0.233 e. The molecule has 4 rings (SSSR count). The number of hydrogen-bond acceptors (Lipinski definition) is 4. The Bertz CT molecular complexity index is 909. The largest absolute Gasteiger partial charge is 0.497 e. The van der Waals surface area contributed by atoms with Crippen LogP contribution >= 0.6 is 11.8 Å². The third kappa shape index (κ3) is 3.00. The van der Waals surface area contributed by atoms with Crippen molar-refractivity contribution in [1.29, 1.82) is 0 Å². The Balaban J connectivity index is 1.71. The summed E-state index contributed by atoms with van der Waals surface area (Å²) in [6.07, 6.45) is 5.71. The number of methoxy groups -OCH3 is 1. The van der Waals surface area contributed by atoms with Crippen LogP contribution in [-0.4, -0.2) is 22.6 Å². The molecule has 1 aliphatic rings. The van der Waals surface area contributed by atoms with Gasteiger partial charge < -0.3 is 9.30 Å². The Labute approximate surface area is 150 Å². The van der Waals surface area contributed by atoms with E-state index in [1.54, 1.807) is 36.3 Å². The van der Waals surface area contributed by atoms with E-state index < -0.39 is 0 Å². The Morgan fingerprint density at radius 1 is 1.16 bits per heavy atom. The number of rotatable bonds is 4. The lowest BCUT2D eigenvalue weighted by Crippen LogP contribution is -2.29. The van der Waals surface area contributed by atoms with E-state index in [-0.39, 0.29) is 5.91 Å². The molecule has 2 heterocycles. The first kappa shape index (κ1) is 15.8. The fourth-order valence-corrected chi connectivity index (χ4v) is 3.92. The molecule has 0 aliphatic carbocycles. The molecule has 126 valence electrons. The van der Waals surface area contributed by atoms with Crippen LogP contribution < -0.4 is 9.64 Å². The number of aromatic nitrogens is 2. The Morgan fingerprint density at radius 2 is 2.00 bits per heavy atom. The minimum atomic E-state index is 0.0518. The number of para-hydroxylation sites is 1. The van der Waals surface area contributed by atoms with Crippen molar-refractivity contribution in [1.82, 2.24) is 9.55 Å². The number of carbonyl (C=O) groups is 1. The molecule has 1 amide bonds. The average molecular weight is 351 g/mol. The predicted octanol–water partition coefficient (Wildman–Crippen LogP) is 4.11. The van der Waals surface area contributed by atoms with Crippen molar-refractivity contribution in [2.45, 2.75) is 22.8 Å². The molecule has 0 unspecified atom stereocenters. The van der Waals surface area contributed by atoms with Crippen LogP contribution in [-0.2, 0) is 11.3 Å². The molecule has 1 aromatic heterocycles. The monoisotopic (exact) mass is 351 g/mol. The summed E-state index contributed by atoms with van der Waals surface area (Å²) in [7, 11) is 1.64. The van der Waals surface area contributed by atoms with Crippen LogP contribution in [0.4, 0.5) is 11.4 Å². The zero-order valence-corrected chi connectivity index (χ0v) is 14.6. The lowest BCUT2D eigenvalue weighted by Gasteiger charge is -2.31. The van der Waals surface area contributed by atoms with Crippen molar-refractivity contribution >= 4 is 29.0 Å². The summed E-state index contributed by atoms with van der Waals surface area (Å²) in [5.74, 6) is 0.794. The first-order valence-corrected chi connectivity index (χ1v) is 8.81. The number of fused-ring (bicyclic) bond motifs is 2. The van der Waals surface area contributed by atoms with Crippen LogP contribution in [0.3, 0.4) is 0 Å². The topological polar surface area (TPSA) is 47.4 Å². The molecule has 0 bridgehead atoms. The van der Waals surface area contributed by atoms with Crippen molar-refractivity contribution in [3.63, 3.8) is 0 Å². The second-order valence-corrected chi connectivity index (χ2v) is 6.77. The highest BCUT2D eigenvalue weighted by Gasteiger charge is 2.28. The maximum atomic E-state index is 13.1. The van der Waals surface area contributed by atoms with E-state index in [9.17, 15) is 4.79 Å². The van der Waals surface area contributed by atoms with Crippen molar-refractivity contribution in [3.8, 4) is 5.75 Å². The quantitative estimate of drug-likeness (QED) is 0.710. The number of aryl methyl sites for hydroxylation is 1. The van der Waals surface area contributed by atoms with Gasteiger partial charge in [-0.05, 0) is 24.3 Å². The molecule has 0 N–H and O–H groups in total. The van der Waals surface area contributed by atoms with Crippen LogP contribution in [0.1, 0.15) is 6.42 Å². The molecule has 6 heteroatoms. The number of ether oxygens (including phenoxy) is 1. The first-order valence-electron chi connectivity index (χ1n) is 8.00. The number of anilines is 2. The number of nitrogens with zero attached hydrogens (tertiary/aromatic N) is 3. The van der Waals surface area contributed by atoms with Crippen molar-refractivity contribution in [3.05, 3.63) is 61.2 Å². The SMILES string of the molecule is COc1ccc2c(c1)N(C(=O)CCn1ccnc1)c1ccccc1S2. The highest BCUT2D eigenvalue weighted by molar-refractivity contribution is 7.99. The fourth-order valence-electron chi connectivity index (χ4n) is 2.89. The second kappa shape index (κ2) is 6.64. The van der Waals surface area contributed by atoms with Crippen LogP contribution in [0.15, 0.2) is 71.0 Å². The molecule has 0 fully saturated rings. The van der Waals surface area contributed by atoms with Gasteiger partial charge in [0.05, 0.1) is 24.8 Å². The molecule has 0 atom stereocenters. The predicted molar refractivity (Wildman–Crippen MR) is 97.5 cm³/mol. The van der Waals surface area contributed by atoms with Gasteiger partial charge in [-0.15, -0.1) is 0 Å². The zero-order chi connectivity index (χ0) is 17.2. The lowest BCUT2D eigenvalue weighted by molar-refractivity contribution is -0.118. The lowest BCUT2D eigenvalue weighted by atomic mass is 10.2. The third-order valence-electron chi connectivity index (χ3n) is 4.13. The van der Waals surface area contributed by atoms with E-state index >= 15 is 0 Å². The van der Waals surface area contributed by atoms with Gasteiger partial charge in [-0.2, -0.15) is 0 Å². The minimum Gasteiger partial charge on any atom is -0.497 e. The number of carbonyl (C=O) groups excluding carboxylic acids is 1. The summed E-state index contributed by atoms with van der Waals surface area (Å²) in [6, 6.07) is 13.8. The number of benzene rings is 2. The van der Waals surface area contributed by atoms with Crippen LogP contribution in [0.25, 0.3) is 0 Å². The minimum absolute atomic E-state index is 0.0518. The maximum Gasteiger partial charge on any atom is 0.233 e. The van der Waals surface area contributed by atoms with E-state index in [1.807, 2.05) is 53.2 Å². The van der Waals surface area contributed by atoms with Gasteiger partial charge in [0.15, 0.2) is 0 Å². The van der Waals surface area contributed by atoms with Gasteiger partial charge in [0.1, 0.15) is 5.75 Å². The highest BCUT2D eigenvalue weighted by atomic mass is 32.2. The zero-order valence-electron chi connectivity index (χ0n) is 13.8. The van der Waals surface area contributed by atoms with Crippen LogP contribution in [0.5, 0.6) is 5.75 Å². The van der Waals surface area contributed by atoms with Crippen LogP contribution in [0.2, 0.25) is 0 Å². The van der Waals surface area contributed by atoms with Gasteiger partial charge in [0.2, 0.25) is 5.91 Å². The van der Waals surface area contributed by atoms with Gasteiger partial charge in [0, 0.05) is 41.2 Å². The molecule has 0 radical (unpaired) electrons. The summed E-state index contributed by atoms with van der Waals surface area (Å²) >= 11 is 1.67. The summed E-state index contributed by atoms with van der Waals surface area (Å²) in [5, 5.41) is 0. The molecule has 0 saturated heterocycles. The maximum absolute atomic E-state index is 13.1. The van der Waals surface area contributed by atoms with Gasteiger partial charge in [-0.25, -0.2) is 4.98 Å². The molecule has 1 aliphatic heterocycles. The second-order valence-electron chi connectivity index (χ2n) is 5.68. The van der Waals surface area contributed by atoms with E-state index in [2.05, 4.69) is 4.98 Å². The average Bonchev–Trinajstić information content (AvgIpc) is 3.17. The molecule has 3 aromatic rings. The standard InChI is InChI=1S/C19H17N3O2S/c1-24-14-6-7-18-16(12-14)22(15-4-2-3-5-17(15)25-18)19(23)8-10-21-11-9-20-13-21/h2-7,9,11-13H,8,10H2,1H3. The van der Waals surface area contributed by atoms with Gasteiger partial charge in [-0.1, -0.05) is 23.9 Å². The molecule has 25 heavy (non-hydrogen) atoms. The fraction of sp³-hybridized carbons (Fsp3) is 0.158. The van der Waals surface area contributed by atoms with Gasteiger partial charge >= 0.3 is 0 Å². The van der Waals surface area contributed by atoms with E-state index in [0.717, 1.165) is 26.9 Å². The molecule has 5 nitrogen and oxygen atoms in total.